The van der Waals surface area contributed by atoms with Crippen LogP contribution in [0.2, 0.25) is 0 Å². The van der Waals surface area contributed by atoms with Gasteiger partial charge in [0.15, 0.2) is 4.80 Å². The number of carboxylic acid groups (broad SMARTS) is 1. The number of hydrogen-bond acceptors (Lipinski definition) is 8. The van der Waals surface area contributed by atoms with E-state index in [1.165, 1.54) is 39.4 Å². The van der Waals surface area contributed by atoms with Gasteiger partial charge in [-0.25, -0.2) is 14.6 Å². The van der Waals surface area contributed by atoms with Gasteiger partial charge < -0.3 is 14.3 Å². The molecule has 10 heteroatoms. The lowest BCUT2D eigenvalue weighted by atomic mass is 10.0. The lowest BCUT2D eigenvalue weighted by molar-refractivity contribution is -0.139. The van der Waals surface area contributed by atoms with Crippen LogP contribution in [-0.4, -0.2) is 28.2 Å². The molecule has 182 valence electrons. The number of hydrogen-bond donors (Lipinski definition) is 1. The summed E-state index contributed by atoms with van der Waals surface area (Å²) in [5, 5.41) is 11.0. The number of carboxylic acids is 1. The second-order valence-corrected chi connectivity index (χ2v) is 9.89. The molecule has 1 aliphatic rings. The van der Waals surface area contributed by atoms with Crippen molar-refractivity contribution >= 4 is 40.7 Å². The molecule has 0 aliphatic carbocycles. The summed E-state index contributed by atoms with van der Waals surface area (Å²) < 4.78 is 13.1. The molecule has 0 unspecified atom stereocenters. The average molecular weight is 521 g/mol. The second-order valence-electron chi connectivity index (χ2n) is 7.90. The molecule has 8 nitrogen and oxygen atoms in total. The van der Waals surface area contributed by atoms with Crippen LogP contribution in [0.3, 0.4) is 0 Å². The summed E-state index contributed by atoms with van der Waals surface area (Å²) in [5.41, 5.74) is 1.49. The van der Waals surface area contributed by atoms with E-state index in [9.17, 15) is 14.4 Å². The Balaban J connectivity index is 1.57. The minimum absolute atomic E-state index is 0.185. The summed E-state index contributed by atoms with van der Waals surface area (Å²) in [6.07, 6.45) is 1.65. The summed E-state index contributed by atoms with van der Waals surface area (Å²) >= 11 is 2.68. The van der Waals surface area contributed by atoms with Crippen LogP contribution in [-0.2, 0) is 9.53 Å². The fourth-order valence-corrected chi connectivity index (χ4v) is 5.85. The molecule has 36 heavy (non-hydrogen) atoms. The number of thiophene rings is 1. The Hall–Kier alpha value is -4.02. The standard InChI is InChI=1S/C26H20N2O6S2/c1-3-33-25(32)21-14(2)27-26-28(22(21)19-5-4-12-35-19)23(29)20(36-26)13-17-10-11-18(34-17)15-6-8-16(9-7-15)24(30)31/h4-13,22H,3H2,1-2H3,(H,30,31)/b20-13-/t22-/m0/s1. The van der Waals surface area contributed by atoms with Crippen LogP contribution >= 0.6 is 22.7 Å². The molecule has 4 aromatic rings. The molecule has 0 bridgehead atoms. The monoisotopic (exact) mass is 520 g/mol. The van der Waals surface area contributed by atoms with Crippen molar-refractivity contribution in [2.24, 2.45) is 4.99 Å². The molecular weight excluding hydrogens is 500 g/mol. The normalized spacial score (nSPS) is 15.5. The Labute approximate surface area is 212 Å². The number of rotatable bonds is 6. The van der Waals surface area contributed by atoms with Gasteiger partial charge in [-0.3, -0.25) is 9.36 Å². The first kappa shape index (κ1) is 23.7. The molecule has 0 amide bonds. The maximum Gasteiger partial charge on any atom is 0.338 e. The minimum Gasteiger partial charge on any atom is -0.478 e. The number of fused-ring (bicyclic) bond motifs is 1. The van der Waals surface area contributed by atoms with Crippen LogP contribution in [0, 0.1) is 0 Å². The maximum absolute atomic E-state index is 13.5. The third-order valence-electron chi connectivity index (χ3n) is 5.65. The Bertz CT molecular complexity index is 1670. The number of benzene rings is 1. The third-order valence-corrected chi connectivity index (χ3v) is 7.55. The van der Waals surface area contributed by atoms with E-state index in [1.807, 2.05) is 17.5 Å². The SMILES string of the molecule is CCOC(=O)C1=C(C)N=c2s/c(=C\c3ccc(-c4ccc(C(=O)O)cc4)o3)c(=O)n2[C@H]1c1cccs1. The fraction of sp³-hybridized carbons (Fsp3) is 0.154. The van der Waals surface area contributed by atoms with E-state index in [2.05, 4.69) is 4.99 Å². The van der Waals surface area contributed by atoms with E-state index in [0.717, 1.165) is 4.88 Å². The van der Waals surface area contributed by atoms with Crippen molar-refractivity contribution in [1.29, 1.82) is 0 Å². The highest BCUT2D eigenvalue weighted by Gasteiger charge is 2.33. The zero-order chi connectivity index (χ0) is 25.4. The molecule has 0 spiro atoms. The van der Waals surface area contributed by atoms with Gasteiger partial charge in [-0.15, -0.1) is 11.3 Å². The molecule has 1 atom stereocenters. The highest BCUT2D eigenvalue weighted by atomic mass is 32.1. The maximum atomic E-state index is 13.5. The zero-order valence-corrected chi connectivity index (χ0v) is 20.9. The number of ether oxygens (including phenoxy) is 1. The fourth-order valence-electron chi connectivity index (χ4n) is 4.00. The first-order chi connectivity index (χ1) is 17.4. The van der Waals surface area contributed by atoms with Gasteiger partial charge in [-0.2, -0.15) is 0 Å². The summed E-state index contributed by atoms with van der Waals surface area (Å²) in [6, 6.07) is 13.0. The summed E-state index contributed by atoms with van der Waals surface area (Å²) in [4.78, 5) is 43.3. The topological polar surface area (TPSA) is 111 Å². The van der Waals surface area contributed by atoms with Crippen LogP contribution in [0.4, 0.5) is 0 Å². The largest absolute Gasteiger partial charge is 0.478 e. The smallest absolute Gasteiger partial charge is 0.338 e. The van der Waals surface area contributed by atoms with E-state index in [-0.39, 0.29) is 17.7 Å². The van der Waals surface area contributed by atoms with Gasteiger partial charge in [0.25, 0.3) is 5.56 Å². The van der Waals surface area contributed by atoms with Crippen LogP contribution in [0.5, 0.6) is 0 Å². The number of aromatic nitrogens is 1. The number of carbonyl (C=O) groups is 2. The zero-order valence-electron chi connectivity index (χ0n) is 19.3. The Kier molecular flexibility index (Phi) is 6.29. The molecule has 0 radical (unpaired) electrons. The van der Waals surface area contributed by atoms with Crippen molar-refractivity contribution in [3.8, 4) is 11.3 Å². The first-order valence-electron chi connectivity index (χ1n) is 11.0. The van der Waals surface area contributed by atoms with E-state index in [4.69, 9.17) is 14.3 Å². The second kappa shape index (κ2) is 9.56. The van der Waals surface area contributed by atoms with Gasteiger partial charge in [-0.1, -0.05) is 29.5 Å². The third kappa shape index (κ3) is 4.25. The number of allylic oxidation sites excluding steroid dienone is 1. The van der Waals surface area contributed by atoms with Crippen molar-refractivity contribution in [2.45, 2.75) is 19.9 Å². The molecule has 1 aromatic carbocycles. The van der Waals surface area contributed by atoms with Crippen molar-refractivity contribution in [2.75, 3.05) is 6.61 Å². The Morgan fingerprint density at radius 3 is 2.64 bits per heavy atom. The van der Waals surface area contributed by atoms with Crippen molar-refractivity contribution in [3.63, 3.8) is 0 Å². The number of furan rings is 1. The molecule has 0 saturated carbocycles. The highest BCUT2D eigenvalue weighted by molar-refractivity contribution is 7.10. The Morgan fingerprint density at radius 2 is 1.97 bits per heavy atom. The highest BCUT2D eigenvalue weighted by Crippen LogP contribution is 2.33. The molecular formula is C26H20N2O6S2. The lowest BCUT2D eigenvalue weighted by Gasteiger charge is -2.23. The number of esters is 1. The summed E-state index contributed by atoms with van der Waals surface area (Å²) in [6.45, 7) is 3.71. The number of thiazole rings is 1. The molecule has 0 saturated heterocycles. The lowest BCUT2D eigenvalue weighted by Crippen LogP contribution is -2.39. The predicted octanol–water partition coefficient (Wildman–Crippen LogP) is 3.82. The van der Waals surface area contributed by atoms with Gasteiger partial charge in [0.05, 0.1) is 28.0 Å². The summed E-state index contributed by atoms with van der Waals surface area (Å²) in [7, 11) is 0. The van der Waals surface area contributed by atoms with Crippen molar-refractivity contribution in [3.05, 3.63) is 101 Å². The van der Waals surface area contributed by atoms with Gasteiger partial charge in [0.1, 0.15) is 17.6 Å². The first-order valence-corrected chi connectivity index (χ1v) is 12.7. The van der Waals surface area contributed by atoms with Crippen LogP contribution in [0.1, 0.15) is 40.9 Å². The van der Waals surface area contributed by atoms with E-state index in [1.54, 1.807) is 44.2 Å². The molecule has 4 heterocycles. The predicted molar refractivity (Wildman–Crippen MR) is 136 cm³/mol. The minimum atomic E-state index is -1.00. The number of aromatic carboxylic acids is 1. The van der Waals surface area contributed by atoms with E-state index >= 15 is 0 Å². The van der Waals surface area contributed by atoms with E-state index < -0.39 is 18.0 Å². The molecule has 0 fully saturated rings. The van der Waals surface area contributed by atoms with Gasteiger partial charge >= 0.3 is 11.9 Å². The number of carbonyl (C=O) groups excluding carboxylic acids is 1. The Morgan fingerprint density at radius 1 is 1.19 bits per heavy atom. The van der Waals surface area contributed by atoms with Gasteiger partial charge in [0.2, 0.25) is 0 Å². The number of nitrogens with zero attached hydrogens (tertiary/aromatic N) is 2. The van der Waals surface area contributed by atoms with Crippen molar-refractivity contribution in [1.82, 2.24) is 4.57 Å². The van der Waals surface area contributed by atoms with Crippen LogP contribution in [0.25, 0.3) is 17.4 Å². The molecule has 1 aliphatic heterocycles. The molecule has 3 aromatic heterocycles. The van der Waals surface area contributed by atoms with Gasteiger partial charge in [0, 0.05) is 16.5 Å². The van der Waals surface area contributed by atoms with Crippen LogP contribution in [0.15, 0.2) is 79.4 Å². The van der Waals surface area contributed by atoms with Gasteiger partial charge in [-0.05, 0) is 49.6 Å². The molecule has 1 N–H and O–H groups in total. The molecule has 5 rings (SSSR count). The average Bonchev–Trinajstić information content (AvgIpc) is 3.60. The summed E-state index contributed by atoms with van der Waals surface area (Å²) in [5.74, 6) is -0.482. The van der Waals surface area contributed by atoms with E-state index in [0.29, 0.717) is 37.7 Å². The quantitative estimate of drug-likeness (QED) is 0.387. The van der Waals surface area contributed by atoms with Crippen LogP contribution < -0.4 is 14.9 Å². The van der Waals surface area contributed by atoms with Crippen molar-refractivity contribution < 1.29 is 23.8 Å².